The Morgan fingerprint density at radius 3 is 2.46 bits per heavy atom. The second-order valence-corrected chi connectivity index (χ2v) is 5.83. The fourth-order valence-corrected chi connectivity index (χ4v) is 2.72. The van der Waals surface area contributed by atoms with Crippen LogP contribution in [0, 0.1) is 0 Å². The molecule has 1 aliphatic rings. The quantitative estimate of drug-likeness (QED) is 0.388. The topological polar surface area (TPSA) is 63.2 Å². The van der Waals surface area contributed by atoms with Crippen molar-refractivity contribution in [2.24, 2.45) is 4.99 Å². The molecule has 0 saturated carbocycles. The number of thiocarbonyl (C=S) groups is 1. The first-order chi connectivity index (χ1) is 11.6. The van der Waals surface area contributed by atoms with Gasteiger partial charge in [-0.2, -0.15) is 0 Å². The van der Waals surface area contributed by atoms with Gasteiger partial charge in [-0.1, -0.05) is 0 Å². The molecule has 2 rings (SSSR count). The largest absolute Gasteiger partial charge is 0.497 e. The lowest BCUT2D eigenvalue weighted by Crippen LogP contribution is -2.45. The first-order valence-electron chi connectivity index (χ1n) is 7.95. The number of amidine groups is 1. The summed E-state index contributed by atoms with van der Waals surface area (Å²) in [6.07, 6.45) is 3.51. The van der Waals surface area contributed by atoms with E-state index in [1.54, 1.807) is 7.11 Å². The van der Waals surface area contributed by atoms with Crippen molar-refractivity contribution in [2.45, 2.75) is 19.3 Å². The van der Waals surface area contributed by atoms with E-state index in [0.29, 0.717) is 10.9 Å². The van der Waals surface area contributed by atoms with Crippen LogP contribution in [0.5, 0.6) is 5.75 Å². The van der Waals surface area contributed by atoms with Crippen molar-refractivity contribution in [1.29, 1.82) is 0 Å². The van der Waals surface area contributed by atoms with Crippen molar-refractivity contribution >= 4 is 29.1 Å². The fourth-order valence-electron chi connectivity index (χ4n) is 2.44. The fraction of sp³-hybridized carbons (Fsp3) is 0.471. The van der Waals surface area contributed by atoms with Crippen LogP contribution in [0.15, 0.2) is 29.3 Å². The number of esters is 1. The minimum atomic E-state index is -0.397. The molecule has 0 bridgehead atoms. The highest BCUT2D eigenvalue weighted by molar-refractivity contribution is 7.80. The van der Waals surface area contributed by atoms with Crippen molar-refractivity contribution in [3.05, 3.63) is 29.8 Å². The summed E-state index contributed by atoms with van der Waals surface area (Å²) in [5.41, 5.74) is 0.832. The third kappa shape index (κ3) is 5.19. The van der Waals surface area contributed by atoms with Gasteiger partial charge in [0.25, 0.3) is 0 Å². The third-order valence-electron chi connectivity index (χ3n) is 3.83. The summed E-state index contributed by atoms with van der Waals surface area (Å²) in [7, 11) is 2.96. The number of hydrogen-bond donors (Lipinski definition) is 1. The van der Waals surface area contributed by atoms with E-state index in [4.69, 9.17) is 17.0 Å². The molecule has 1 aromatic carbocycles. The molecule has 0 radical (unpaired) electrons. The van der Waals surface area contributed by atoms with Crippen molar-refractivity contribution < 1.29 is 14.3 Å². The normalized spacial score (nSPS) is 14.9. The molecule has 0 atom stereocenters. The number of nitrogens with one attached hydrogen (secondary N) is 1. The molecule has 24 heavy (non-hydrogen) atoms. The lowest BCUT2D eigenvalue weighted by atomic mass is 10.1. The van der Waals surface area contributed by atoms with E-state index < -0.39 is 5.97 Å². The first kappa shape index (κ1) is 18.2. The number of piperidine rings is 1. The number of likely N-dealkylation sites (tertiary alicyclic amines) is 1. The molecule has 6 nitrogen and oxygen atoms in total. The van der Waals surface area contributed by atoms with Gasteiger partial charge in [0.05, 0.1) is 14.2 Å². The van der Waals surface area contributed by atoms with E-state index >= 15 is 0 Å². The number of nitrogens with zero attached hydrogens (tertiary/aromatic N) is 2. The van der Waals surface area contributed by atoms with Crippen LogP contribution in [0.25, 0.3) is 0 Å². The molecule has 0 amide bonds. The molecule has 7 heteroatoms. The molecular formula is C17H23N3O3S. The second kappa shape index (κ2) is 9.22. The minimum absolute atomic E-state index is 0.0620. The Morgan fingerprint density at radius 1 is 1.21 bits per heavy atom. The Balaban J connectivity index is 2.14. The molecule has 1 aliphatic heterocycles. The van der Waals surface area contributed by atoms with Gasteiger partial charge >= 0.3 is 5.97 Å². The van der Waals surface area contributed by atoms with E-state index in [1.807, 2.05) is 24.3 Å². The maximum atomic E-state index is 11.4. The zero-order valence-corrected chi connectivity index (χ0v) is 14.9. The van der Waals surface area contributed by atoms with Gasteiger partial charge in [-0.25, -0.2) is 0 Å². The highest BCUT2D eigenvalue weighted by Gasteiger charge is 2.16. The van der Waals surface area contributed by atoms with Crippen LogP contribution < -0.4 is 10.1 Å². The van der Waals surface area contributed by atoms with Gasteiger partial charge in [0, 0.05) is 18.7 Å². The molecule has 0 aliphatic carbocycles. The standard InChI is InChI=1S/C17H23N3O3S/c1-22-14-8-6-13(7-9-14)16(18-12-15(21)23-2)19-17(24)20-10-4-3-5-11-20/h6-9H,3-5,10-12H2,1-2H3,(H,18,19,24). The second-order valence-electron chi connectivity index (χ2n) is 5.45. The molecule has 130 valence electrons. The molecular weight excluding hydrogens is 326 g/mol. The number of hydrogen-bond acceptors (Lipinski definition) is 5. The Bertz CT molecular complexity index is 596. The van der Waals surface area contributed by atoms with Crippen LogP contribution in [-0.2, 0) is 9.53 Å². The van der Waals surface area contributed by atoms with Gasteiger partial charge < -0.3 is 19.7 Å². The third-order valence-corrected chi connectivity index (χ3v) is 4.19. The van der Waals surface area contributed by atoms with Gasteiger partial charge in [0.15, 0.2) is 5.11 Å². The number of ether oxygens (including phenoxy) is 2. The zero-order chi connectivity index (χ0) is 17.4. The molecule has 0 unspecified atom stereocenters. The van der Waals surface area contributed by atoms with Crippen LogP contribution in [-0.4, -0.2) is 55.7 Å². The summed E-state index contributed by atoms with van der Waals surface area (Å²) in [6, 6.07) is 7.44. The molecule has 1 saturated heterocycles. The van der Waals surface area contributed by atoms with Crippen LogP contribution in [0.3, 0.4) is 0 Å². The van der Waals surface area contributed by atoms with Gasteiger partial charge in [-0.3, -0.25) is 9.79 Å². The zero-order valence-electron chi connectivity index (χ0n) is 14.1. The average Bonchev–Trinajstić information content (AvgIpc) is 2.65. The Morgan fingerprint density at radius 2 is 1.88 bits per heavy atom. The maximum Gasteiger partial charge on any atom is 0.327 e. The van der Waals surface area contributed by atoms with Crippen molar-refractivity contribution in [2.75, 3.05) is 33.9 Å². The van der Waals surface area contributed by atoms with Gasteiger partial charge in [-0.05, 0) is 55.7 Å². The number of carbonyl (C=O) groups is 1. The highest BCUT2D eigenvalue weighted by Crippen LogP contribution is 2.13. The van der Waals surface area contributed by atoms with Gasteiger partial charge in [-0.15, -0.1) is 0 Å². The van der Waals surface area contributed by atoms with E-state index in [9.17, 15) is 4.79 Å². The van der Waals surface area contributed by atoms with E-state index in [0.717, 1.165) is 37.2 Å². The van der Waals surface area contributed by atoms with Crippen LogP contribution >= 0.6 is 12.2 Å². The molecule has 1 aromatic rings. The maximum absolute atomic E-state index is 11.4. The predicted molar refractivity (Wildman–Crippen MR) is 97.6 cm³/mol. The number of carbonyl (C=O) groups excluding carboxylic acids is 1. The lowest BCUT2D eigenvalue weighted by Gasteiger charge is -2.29. The van der Waals surface area contributed by atoms with Gasteiger partial charge in [0.2, 0.25) is 0 Å². The number of methoxy groups -OCH3 is 2. The molecule has 0 spiro atoms. The summed E-state index contributed by atoms with van der Waals surface area (Å²) < 4.78 is 9.83. The minimum Gasteiger partial charge on any atom is -0.497 e. The Kier molecular flexibility index (Phi) is 6.99. The summed E-state index contributed by atoms with van der Waals surface area (Å²) in [5, 5.41) is 3.81. The average molecular weight is 349 g/mol. The van der Waals surface area contributed by atoms with E-state index in [2.05, 4.69) is 19.9 Å². The monoisotopic (exact) mass is 349 g/mol. The van der Waals surface area contributed by atoms with Crippen molar-refractivity contribution in [3.8, 4) is 5.75 Å². The van der Waals surface area contributed by atoms with Crippen LogP contribution in [0.4, 0.5) is 0 Å². The molecule has 0 aromatic heterocycles. The Hall–Kier alpha value is -2.15. The molecule has 1 N–H and O–H groups in total. The Labute approximate surface area is 147 Å². The van der Waals surface area contributed by atoms with Crippen LogP contribution in [0.1, 0.15) is 24.8 Å². The number of benzene rings is 1. The van der Waals surface area contributed by atoms with Crippen molar-refractivity contribution in [3.63, 3.8) is 0 Å². The van der Waals surface area contributed by atoms with Crippen LogP contribution in [0.2, 0.25) is 0 Å². The SMILES string of the molecule is COC(=O)CN=C(NC(=S)N1CCCCC1)c1ccc(OC)cc1. The summed E-state index contributed by atoms with van der Waals surface area (Å²) >= 11 is 5.50. The van der Waals surface area contributed by atoms with Crippen molar-refractivity contribution in [1.82, 2.24) is 10.2 Å². The first-order valence-corrected chi connectivity index (χ1v) is 8.36. The summed E-state index contributed by atoms with van der Waals surface area (Å²) in [5.74, 6) is 0.912. The summed E-state index contributed by atoms with van der Waals surface area (Å²) in [4.78, 5) is 17.9. The molecule has 1 fully saturated rings. The predicted octanol–water partition coefficient (Wildman–Crippen LogP) is 1.98. The lowest BCUT2D eigenvalue weighted by molar-refractivity contribution is -0.138. The van der Waals surface area contributed by atoms with E-state index in [1.165, 1.54) is 13.5 Å². The van der Waals surface area contributed by atoms with Gasteiger partial charge in [0.1, 0.15) is 18.1 Å². The van der Waals surface area contributed by atoms with E-state index in [-0.39, 0.29) is 6.54 Å². The highest BCUT2D eigenvalue weighted by atomic mass is 32.1. The summed E-state index contributed by atoms with van der Waals surface area (Å²) in [6.45, 7) is 1.82. The number of aliphatic imine (C=N–C) groups is 1. The smallest absolute Gasteiger partial charge is 0.327 e. The molecule has 1 heterocycles. The number of rotatable bonds is 4.